The molecular formula is C8H17FN2. The van der Waals surface area contributed by atoms with Gasteiger partial charge in [-0.15, -0.1) is 0 Å². The largest absolute Gasteiger partial charge is 0.330 e. The van der Waals surface area contributed by atoms with Crippen LogP contribution in [0, 0.1) is 5.92 Å². The number of hydrogen-bond acceptors (Lipinski definition) is 2. The highest BCUT2D eigenvalue weighted by atomic mass is 19.1. The maximum Gasteiger partial charge on any atom is 0.0935 e. The molecule has 0 unspecified atom stereocenters. The molecule has 1 atom stereocenters. The molecule has 0 aromatic rings. The van der Waals surface area contributed by atoms with E-state index in [0.717, 1.165) is 39.0 Å². The third-order valence-electron chi connectivity index (χ3n) is 2.27. The average molecular weight is 160 g/mol. The van der Waals surface area contributed by atoms with Gasteiger partial charge in [-0.25, -0.2) is 0 Å². The Kier molecular flexibility index (Phi) is 3.80. The van der Waals surface area contributed by atoms with Gasteiger partial charge in [-0.3, -0.25) is 4.39 Å². The topological polar surface area (TPSA) is 29.3 Å². The minimum Gasteiger partial charge on any atom is -0.330 e. The summed E-state index contributed by atoms with van der Waals surface area (Å²) in [6.45, 7) is 3.65. The monoisotopic (exact) mass is 160 g/mol. The molecule has 1 aliphatic heterocycles. The van der Waals surface area contributed by atoms with Gasteiger partial charge < -0.3 is 10.6 Å². The van der Waals surface area contributed by atoms with E-state index in [9.17, 15) is 4.39 Å². The fraction of sp³-hybridized carbons (Fsp3) is 1.00. The minimum absolute atomic E-state index is 0.154. The second kappa shape index (κ2) is 4.67. The van der Waals surface area contributed by atoms with Crippen LogP contribution in [0.3, 0.4) is 0 Å². The summed E-state index contributed by atoms with van der Waals surface area (Å²) in [4.78, 5) is 2.30. The molecule has 1 fully saturated rings. The lowest BCUT2D eigenvalue weighted by atomic mass is 10.1. The van der Waals surface area contributed by atoms with E-state index >= 15 is 0 Å². The average Bonchev–Trinajstić information content (AvgIpc) is 2.48. The van der Waals surface area contributed by atoms with E-state index in [0.29, 0.717) is 5.92 Å². The zero-order valence-corrected chi connectivity index (χ0v) is 6.93. The Balaban J connectivity index is 2.09. The first-order valence-corrected chi connectivity index (χ1v) is 4.35. The standard InChI is InChI=1S/C8H17FN2/c9-6-8-2-5-11(7-8)4-1-3-10/h8H,1-7,10H2/t8-/m0/s1. The molecule has 66 valence electrons. The first-order chi connectivity index (χ1) is 5.36. The van der Waals surface area contributed by atoms with Crippen LogP contribution in [0.15, 0.2) is 0 Å². The SMILES string of the molecule is NCCCN1CC[C@@H](CF)C1. The number of likely N-dealkylation sites (tertiary alicyclic amines) is 1. The van der Waals surface area contributed by atoms with E-state index in [2.05, 4.69) is 4.90 Å². The molecular weight excluding hydrogens is 143 g/mol. The van der Waals surface area contributed by atoms with Gasteiger partial charge in [0.05, 0.1) is 6.67 Å². The Labute approximate surface area is 67.6 Å². The Morgan fingerprint density at radius 2 is 2.36 bits per heavy atom. The number of nitrogens with zero attached hydrogens (tertiary/aromatic N) is 1. The quantitative estimate of drug-likeness (QED) is 0.653. The molecule has 1 saturated heterocycles. The predicted molar refractivity (Wildman–Crippen MR) is 44.2 cm³/mol. The van der Waals surface area contributed by atoms with Gasteiger partial charge in [0.15, 0.2) is 0 Å². The van der Waals surface area contributed by atoms with E-state index in [-0.39, 0.29) is 6.67 Å². The Hall–Kier alpha value is -0.150. The van der Waals surface area contributed by atoms with Crippen molar-refractivity contribution in [2.24, 2.45) is 11.7 Å². The fourth-order valence-corrected chi connectivity index (χ4v) is 1.56. The second-order valence-corrected chi connectivity index (χ2v) is 3.25. The third kappa shape index (κ3) is 2.75. The number of alkyl halides is 1. The highest BCUT2D eigenvalue weighted by Gasteiger charge is 2.20. The number of hydrogen-bond donors (Lipinski definition) is 1. The van der Waals surface area contributed by atoms with Crippen LogP contribution in [0.1, 0.15) is 12.8 Å². The smallest absolute Gasteiger partial charge is 0.0935 e. The van der Waals surface area contributed by atoms with Crippen LogP contribution in [-0.4, -0.2) is 37.8 Å². The lowest BCUT2D eigenvalue weighted by molar-refractivity contribution is 0.301. The molecule has 0 bridgehead atoms. The molecule has 2 N–H and O–H groups in total. The van der Waals surface area contributed by atoms with Gasteiger partial charge in [-0.1, -0.05) is 0 Å². The molecule has 0 amide bonds. The maximum atomic E-state index is 12.1. The van der Waals surface area contributed by atoms with Gasteiger partial charge in [-0.05, 0) is 32.5 Å². The Morgan fingerprint density at radius 1 is 1.55 bits per heavy atom. The van der Waals surface area contributed by atoms with Crippen LogP contribution in [-0.2, 0) is 0 Å². The van der Waals surface area contributed by atoms with E-state index in [1.54, 1.807) is 0 Å². The fourth-order valence-electron chi connectivity index (χ4n) is 1.56. The molecule has 1 aliphatic rings. The van der Waals surface area contributed by atoms with Gasteiger partial charge >= 0.3 is 0 Å². The summed E-state index contributed by atoms with van der Waals surface area (Å²) in [6, 6.07) is 0. The zero-order chi connectivity index (χ0) is 8.10. The van der Waals surface area contributed by atoms with Crippen molar-refractivity contribution >= 4 is 0 Å². The van der Waals surface area contributed by atoms with Crippen molar-refractivity contribution in [2.75, 3.05) is 32.9 Å². The van der Waals surface area contributed by atoms with Crippen LogP contribution in [0.2, 0.25) is 0 Å². The van der Waals surface area contributed by atoms with Crippen LogP contribution in [0.5, 0.6) is 0 Å². The molecule has 0 aromatic carbocycles. The summed E-state index contributed by atoms with van der Waals surface area (Å²) in [7, 11) is 0. The second-order valence-electron chi connectivity index (χ2n) is 3.25. The van der Waals surface area contributed by atoms with Gasteiger partial charge in [0.2, 0.25) is 0 Å². The van der Waals surface area contributed by atoms with Crippen molar-refractivity contribution in [3.63, 3.8) is 0 Å². The molecule has 1 heterocycles. The predicted octanol–water partition coefficient (Wildman–Crippen LogP) is 0.627. The van der Waals surface area contributed by atoms with Crippen molar-refractivity contribution in [3.05, 3.63) is 0 Å². The summed E-state index contributed by atoms with van der Waals surface area (Å²) in [5.41, 5.74) is 5.37. The van der Waals surface area contributed by atoms with Crippen molar-refractivity contribution in [2.45, 2.75) is 12.8 Å². The lowest BCUT2D eigenvalue weighted by Crippen LogP contribution is -2.24. The van der Waals surface area contributed by atoms with Crippen LogP contribution in [0.4, 0.5) is 4.39 Å². The first kappa shape index (κ1) is 8.94. The highest BCUT2D eigenvalue weighted by Crippen LogP contribution is 2.15. The number of nitrogens with two attached hydrogens (primary N) is 1. The van der Waals surface area contributed by atoms with Gasteiger partial charge in [0, 0.05) is 12.5 Å². The third-order valence-corrected chi connectivity index (χ3v) is 2.27. The van der Waals surface area contributed by atoms with Crippen molar-refractivity contribution in [1.82, 2.24) is 4.90 Å². The lowest BCUT2D eigenvalue weighted by Gasteiger charge is -2.13. The van der Waals surface area contributed by atoms with Crippen molar-refractivity contribution in [1.29, 1.82) is 0 Å². The van der Waals surface area contributed by atoms with Crippen molar-refractivity contribution in [3.8, 4) is 0 Å². The Bertz CT molecular complexity index is 108. The molecule has 1 rings (SSSR count). The van der Waals surface area contributed by atoms with Crippen LogP contribution >= 0.6 is 0 Å². The Morgan fingerprint density at radius 3 is 2.91 bits per heavy atom. The van der Waals surface area contributed by atoms with Crippen LogP contribution < -0.4 is 5.73 Å². The molecule has 0 aromatic heterocycles. The van der Waals surface area contributed by atoms with Gasteiger partial charge in [0.25, 0.3) is 0 Å². The summed E-state index contributed by atoms with van der Waals surface area (Å²) in [5.74, 6) is 0.299. The van der Waals surface area contributed by atoms with Crippen LogP contribution in [0.25, 0.3) is 0 Å². The summed E-state index contributed by atoms with van der Waals surface area (Å²) in [5, 5.41) is 0. The highest BCUT2D eigenvalue weighted by molar-refractivity contribution is 4.74. The molecule has 0 spiro atoms. The van der Waals surface area contributed by atoms with E-state index in [4.69, 9.17) is 5.73 Å². The van der Waals surface area contributed by atoms with Gasteiger partial charge in [-0.2, -0.15) is 0 Å². The zero-order valence-electron chi connectivity index (χ0n) is 6.93. The van der Waals surface area contributed by atoms with E-state index in [1.165, 1.54) is 0 Å². The minimum atomic E-state index is -0.154. The molecule has 0 radical (unpaired) electrons. The van der Waals surface area contributed by atoms with Gasteiger partial charge in [0.1, 0.15) is 0 Å². The number of halogens is 1. The molecule has 0 saturated carbocycles. The maximum absolute atomic E-state index is 12.1. The normalized spacial score (nSPS) is 26.2. The molecule has 3 heteroatoms. The van der Waals surface area contributed by atoms with Crippen molar-refractivity contribution < 1.29 is 4.39 Å². The summed E-state index contributed by atoms with van der Waals surface area (Å²) < 4.78 is 12.1. The summed E-state index contributed by atoms with van der Waals surface area (Å²) >= 11 is 0. The molecule has 0 aliphatic carbocycles. The molecule has 2 nitrogen and oxygen atoms in total. The molecule has 11 heavy (non-hydrogen) atoms. The summed E-state index contributed by atoms with van der Waals surface area (Å²) in [6.07, 6.45) is 2.07. The van der Waals surface area contributed by atoms with E-state index < -0.39 is 0 Å². The van der Waals surface area contributed by atoms with E-state index in [1.807, 2.05) is 0 Å². The first-order valence-electron chi connectivity index (χ1n) is 4.35. The number of rotatable bonds is 4.